The van der Waals surface area contributed by atoms with E-state index in [2.05, 4.69) is 26.8 Å². The number of carbonyl (C=O) groups is 1. The lowest BCUT2D eigenvalue weighted by Gasteiger charge is -2.30. The number of benzene rings is 1. The smallest absolute Gasteiger partial charge is 0.290 e. The van der Waals surface area contributed by atoms with Crippen molar-refractivity contribution in [3.8, 4) is 11.4 Å². The zero-order valence-corrected chi connectivity index (χ0v) is 20.9. The SMILES string of the molecule is CC1CCCCC1.O=CO.OC1CCN(c2ccc(-c3nc4cc(Cl)c(Cl)cc4[nH]3)cn2)CC1. The number of hydrogen-bond acceptors (Lipinski definition) is 5. The molecule has 184 valence electrons. The third-order valence-electron chi connectivity index (χ3n) is 6.23. The number of anilines is 1. The highest BCUT2D eigenvalue weighted by molar-refractivity contribution is 6.42. The highest BCUT2D eigenvalue weighted by Gasteiger charge is 2.18. The monoisotopic (exact) mass is 506 g/mol. The number of nitrogens with one attached hydrogen (secondary N) is 1. The Morgan fingerprint density at radius 1 is 1.06 bits per heavy atom. The number of aliphatic hydroxyl groups excluding tert-OH is 1. The second-order valence-corrected chi connectivity index (χ2v) is 9.66. The highest BCUT2D eigenvalue weighted by Crippen LogP contribution is 2.29. The van der Waals surface area contributed by atoms with Crippen LogP contribution in [0.5, 0.6) is 0 Å². The van der Waals surface area contributed by atoms with E-state index in [1.807, 2.05) is 12.1 Å². The van der Waals surface area contributed by atoms with Gasteiger partial charge >= 0.3 is 0 Å². The predicted octanol–water partition coefficient (Wildman–Crippen LogP) is 6.18. The number of rotatable bonds is 2. The number of H-pyrrole nitrogens is 1. The maximum Gasteiger partial charge on any atom is 0.290 e. The van der Waals surface area contributed by atoms with E-state index in [1.54, 1.807) is 18.3 Å². The molecule has 0 spiro atoms. The molecule has 2 aromatic heterocycles. The average molecular weight is 507 g/mol. The molecule has 5 rings (SSSR count). The van der Waals surface area contributed by atoms with Crippen LogP contribution in [-0.4, -0.2) is 50.8 Å². The van der Waals surface area contributed by atoms with Gasteiger partial charge in [0.1, 0.15) is 11.6 Å². The summed E-state index contributed by atoms with van der Waals surface area (Å²) >= 11 is 12.1. The van der Waals surface area contributed by atoms with Gasteiger partial charge in [-0.1, -0.05) is 62.2 Å². The summed E-state index contributed by atoms with van der Waals surface area (Å²) in [6.07, 6.45) is 10.6. The molecule has 3 aromatic rings. The van der Waals surface area contributed by atoms with Crippen LogP contribution in [0.1, 0.15) is 51.9 Å². The van der Waals surface area contributed by atoms with Crippen molar-refractivity contribution in [1.29, 1.82) is 0 Å². The molecule has 2 aliphatic rings. The van der Waals surface area contributed by atoms with Crippen LogP contribution >= 0.6 is 23.2 Å². The molecule has 1 aliphatic carbocycles. The minimum absolute atomic E-state index is 0.185. The number of nitrogens with zero attached hydrogens (tertiary/aromatic N) is 3. The summed E-state index contributed by atoms with van der Waals surface area (Å²) in [6.45, 7) is 3.77. The zero-order valence-electron chi connectivity index (χ0n) is 19.4. The number of fused-ring (bicyclic) bond motifs is 1. The zero-order chi connectivity index (χ0) is 24.5. The van der Waals surface area contributed by atoms with Gasteiger partial charge < -0.3 is 20.1 Å². The van der Waals surface area contributed by atoms with Crippen molar-refractivity contribution in [1.82, 2.24) is 15.0 Å². The molecule has 2 fully saturated rings. The largest absolute Gasteiger partial charge is 0.483 e. The number of aromatic nitrogens is 3. The van der Waals surface area contributed by atoms with Gasteiger partial charge in [-0.2, -0.15) is 0 Å². The maximum absolute atomic E-state index is 9.60. The van der Waals surface area contributed by atoms with Crippen LogP contribution in [0.15, 0.2) is 30.5 Å². The van der Waals surface area contributed by atoms with Gasteiger partial charge in [-0.25, -0.2) is 9.97 Å². The van der Waals surface area contributed by atoms with Gasteiger partial charge in [0.2, 0.25) is 0 Å². The third-order valence-corrected chi connectivity index (χ3v) is 6.95. The standard InChI is InChI=1S/C17H16Cl2N4O.C7H14.CH2O2/c18-12-7-14-15(8-13(12)19)22-17(21-14)10-1-2-16(20-9-10)23-5-3-11(24)4-6-23;1-7-5-3-2-4-6-7;2-1-3/h1-2,7-9,11,24H,3-6H2,(H,21,22);7H,2-6H2,1H3;1H,(H,2,3). The van der Waals surface area contributed by atoms with Gasteiger partial charge in [0, 0.05) is 24.8 Å². The summed E-state index contributed by atoms with van der Waals surface area (Å²) in [5.74, 6) is 2.69. The van der Waals surface area contributed by atoms with Gasteiger partial charge in [-0.05, 0) is 43.0 Å². The minimum Gasteiger partial charge on any atom is -0.483 e. The number of aliphatic hydroxyl groups is 1. The van der Waals surface area contributed by atoms with Crippen molar-refractivity contribution < 1.29 is 15.0 Å². The molecule has 1 saturated heterocycles. The third kappa shape index (κ3) is 7.32. The van der Waals surface area contributed by atoms with Gasteiger partial charge in [-0.15, -0.1) is 0 Å². The Kier molecular flexibility index (Phi) is 9.99. The van der Waals surface area contributed by atoms with Crippen LogP contribution in [0.25, 0.3) is 22.4 Å². The van der Waals surface area contributed by atoms with Crippen LogP contribution in [0.4, 0.5) is 5.82 Å². The topological polar surface area (TPSA) is 102 Å². The molecule has 34 heavy (non-hydrogen) atoms. The van der Waals surface area contributed by atoms with E-state index in [9.17, 15) is 5.11 Å². The predicted molar refractivity (Wildman–Crippen MR) is 138 cm³/mol. The summed E-state index contributed by atoms with van der Waals surface area (Å²) in [5, 5.41) is 17.5. The molecule has 9 heteroatoms. The number of pyridine rings is 1. The molecule has 1 aliphatic heterocycles. The number of aromatic amines is 1. The first-order valence-electron chi connectivity index (χ1n) is 11.7. The quantitative estimate of drug-likeness (QED) is 0.358. The van der Waals surface area contributed by atoms with Gasteiger partial charge in [0.05, 0.1) is 27.2 Å². The first kappa shape index (κ1) is 26.3. The summed E-state index contributed by atoms with van der Waals surface area (Å²) in [6, 6.07) is 7.51. The van der Waals surface area contributed by atoms with E-state index in [4.69, 9.17) is 33.1 Å². The van der Waals surface area contributed by atoms with E-state index in [-0.39, 0.29) is 12.6 Å². The number of piperidine rings is 1. The van der Waals surface area contributed by atoms with Crippen LogP contribution in [0.2, 0.25) is 10.0 Å². The second kappa shape index (κ2) is 12.9. The molecule has 0 bridgehead atoms. The van der Waals surface area contributed by atoms with Crippen LogP contribution in [0.3, 0.4) is 0 Å². The fourth-order valence-electron chi connectivity index (χ4n) is 4.26. The first-order valence-corrected chi connectivity index (χ1v) is 12.5. The van der Waals surface area contributed by atoms with Gasteiger partial charge in [-0.3, -0.25) is 4.79 Å². The molecule has 1 aromatic carbocycles. The van der Waals surface area contributed by atoms with E-state index in [0.717, 1.165) is 60.1 Å². The number of hydrogen-bond donors (Lipinski definition) is 3. The Morgan fingerprint density at radius 2 is 1.71 bits per heavy atom. The minimum atomic E-state index is -0.250. The Bertz CT molecular complexity index is 1010. The first-order chi connectivity index (χ1) is 16.4. The molecule has 0 unspecified atom stereocenters. The summed E-state index contributed by atoms with van der Waals surface area (Å²) in [7, 11) is 0. The molecule has 0 atom stereocenters. The van der Waals surface area contributed by atoms with Crippen molar-refractivity contribution in [2.24, 2.45) is 5.92 Å². The number of halogens is 2. The summed E-state index contributed by atoms with van der Waals surface area (Å²) in [5.41, 5.74) is 2.52. The van der Waals surface area contributed by atoms with Crippen molar-refractivity contribution in [3.63, 3.8) is 0 Å². The average Bonchev–Trinajstić information content (AvgIpc) is 3.24. The van der Waals surface area contributed by atoms with E-state index >= 15 is 0 Å². The molecule has 0 radical (unpaired) electrons. The van der Waals surface area contributed by atoms with Crippen molar-refractivity contribution in [2.75, 3.05) is 18.0 Å². The molecule has 0 amide bonds. The van der Waals surface area contributed by atoms with E-state index < -0.39 is 0 Å². The van der Waals surface area contributed by atoms with E-state index in [1.165, 1.54) is 32.1 Å². The maximum atomic E-state index is 9.60. The van der Waals surface area contributed by atoms with Crippen molar-refractivity contribution in [3.05, 3.63) is 40.5 Å². The number of imidazole rings is 1. The Morgan fingerprint density at radius 3 is 2.26 bits per heavy atom. The Labute approximate surface area is 210 Å². The summed E-state index contributed by atoms with van der Waals surface area (Å²) in [4.78, 5) is 22.9. The summed E-state index contributed by atoms with van der Waals surface area (Å²) < 4.78 is 0. The molecule has 7 nitrogen and oxygen atoms in total. The molecule has 1 saturated carbocycles. The fourth-order valence-corrected chi connectivity index (χ4v) is 4.58. The molecular weight excluding hydrogens is 475 g/mol. The number of carboxylic acid groups (broad SMARTS) is 1. The van der Waals surface area contributed by atoms with Gasteiger partial charge in [0.15, 0.2) is 0 Å². The normalized spacial score (nSPS) is 16.9. The second-order valence-electron chi connectivity index (χ2n) is 8.84. The molecule has 3 N–H and O–H groups in total. The van der Waals surface area contributed by atoms with E-state index in [0.29, 0.717) is 10.0 Å². The molecular formula is C25H32Cl2N4O3. The lowest BCUT2D eigenvalue weighted by atomic mass is 9.91. The van der Waals surface area contributed by atoms with Crippen LogP contribution < -0.4 is 4.90 Å². The fraction of sp³-hybridized carbons (Fsp3) is 0.480. The lowest BCUT2D eigenvalue weighted by molar-refractivity contribution is -0.122. The molecule has 3 heterocycles. The van der Waals surface area contributed by atoms with Crippen molar-refractivity contribution >= 4 is 46.5 Å². The highest BCUT2D eigenvalue weighted by atomic mass is 35.5. The van der Waals surface area contributed by atoms with Crippen LogP contribution in [-0.2, 0) is 4.79 Å². The van der Waals surface area contributed by atoms with Crippen molar-refractivity contribution in [2.45, 2.75) is 58.0 Å². The Hall–Kier alpha value is -2.35. The lowest BCUT2D eigenvalue weighted by Crippen LogP contribution is -2.36. The van der Waals surface area contributed by atoms with Gasteiger partial charge in [0.25, 0.3) is 6.47 Å². The Balaban J connectivity index is 0.000000272. The van der Waals surface area contributed by atoms with Crippen LogP contribution in [0, 0.1) is 5.92 Å².